The second-order valence-electron chi connectivity index (χ2n) is 11.8. The maximum Gasteiger partial charge on any atom is 0.416 e. The van der Waals surface area contributed by atoms with Gasteiger partial charge in [-0.3, -0.25) is 4.79 Å². The maximum absolute atomic E-state index is 14.0. The predicted molar refractivity (Wildman–Crippen MR) is 137 cm³/mol. The number of aromatic nitrogens is 2. The van der Waals surface area contributed by atoms with Crippen molar-refractivity contribution in [3.63, 3.8) is 0 Å². The zero-order chi connectivity index (χ0) is 27.1. The van der Waals surface area contributed by atoms with Gasteiger partial charge in [0.15, 0.2) is 5.82 Å². The summed E-state index contributed by atoms with van der Waals surface area (Å²) in [5, 5.41) is 14.8. The van der Waals surface area contributed by atoms with Gasteiger partial charge in [0.05, 0.1) is 11.0 Å². The predicted octanol–water partition coefficient (Wildman–Crippen LogP) is 5.00. The standard InChI is InChI=1S/C29H37F3N4O2/c1-19(2)27(26(37)36-15-9-20-4-5-22(29(30,31)32)16-21(20)18-36)10-6-24(17-27)35-23-7-11-28(38,12-8-23)25-33-13-3-14-34-25/h3-5,13-14,16,19,23-24,35,38H,6-12,15,17-18H2,1-2H3/t23?,24?,27-,28?/m0/s1. The van der Waals surface area contributed by atoms with Crippen molar-refractivity contribution < 1.29 is 23.1 Å². The van der Waals surface area contributed by atoms with Gasteiger partial charge in [-0.15, -0.1) is 0 Å². The van der Waals surface area contributed by atoms with Gasteiger partial charge in [-0.05, 0) is 86.6 Å². The van der Waals surface area contributed by atoms with Crippen LogP contribution in [0.25, 0.3) is 0 Å². The van der Waals surface area contributed by atoms with E-state index in [9.17, 15) is 23.1 Å². The van der Waals surface area contributed by atoms with Crippen molar-refractivity contribution in [1.29, 1.82) is 0 Å². The number of carbonyl (C=O) groups is 1. The second kappa shape index (κ2) is 10.2. The molecule has 0 saturated heterocycles. The van der Waals surface area contributed by atoms with E-state index in [1.165, 1.54) is 6.07 Å². The minimum Gasteiger partial charge on any atom is -0.382 e. The molecule has 6 nitrogen and oxygen atoms in total. The Hall–Kier alpha value is -2.52. The Kier molecular flexibility index (Phi) is 7.28. The van der Waals surface area contributed by atoms with Crippen molar-refractivity contribution in [3.05, 3.63) is 59.2 Å². The summed E-state index contributed by atoms with van der Waals surface area (Å²) in [6.07, 6.45) is 4.64. The van der Waals surface area contributed by atoms with Crippen molar-refractivity contribution >= 4 is 5.91 Å². The van der Waals surface area contributed by atoms with Crippen molar-refractivity contribution in [2.24, 2.45) is 11.3 Å². The Balaban J connectivity index is 1.23. The maximum atomic E-state index is 14.0. The molecular formula is C29H37F3N4O2. The van der Waals surface area contributed by atoms with E-state index in [0.717, 1.165) is 43.7 Å². The van der Waals surface area contributed by atoms with Crippen LogP contribution >= 0.6 is 0 Å². The Morgan fingerprint density at radius 2 is 1.76 bits per heavy atom. The third-order valence-electron chi connectivity index (χ3n) is 9.18. The van der Waals surface area contributed by atoms with Crippen LogP contribution in [0.3, 0.4) is 0 Å². The number of hydrogen-bond donors (Lipinski definition) is 2. The number of nitrogens with zero attached hydrogens (tertiary/aromatic N) is 3. The van der Waals surface area contributed by atoms with Gasteiger partial charge in [0.2, 0.25) is 5.91 Å². The van der Waals surface area contributed by atoms with Gasteiger partial charge in [0.1, 0.15) is 5.60 Å². The minimum absolute atomic E-state index is 0.0686. The van der Waals surface area contributed by atoms with Crippen LogP contribution in [0.2, 0.25) is 0 Å². The monoisotopic (exact) mass is 530 g/mol. The fourth-order valence-electron chi connectivity index (χ4n) is 6.76. The number of hydrogen-bond acceptors (Lipinski definition) is 5. The summed E-state index contributed by atoms with van der Waals surface area (Å²) in [5.41, 5.74) is -0.687. The lowest BCUT2D eigenvalue weighted by Crippen LogP contribution is -2.49. The largest absolute Gasteiger partial charge is 0.416 e. The van der Waals surface area contributed by atoms with E-state index in [-0.39, 0.29) is 30.5 Å². The number of nitrogens with one attached hydrogen (secondary N) is 1. The van der Waals surface area contributed by atoms with E-state index in [1.54, 1.807) is 29.4 Å². The number of amides is 1. The molecule has 206 valence electrons. The lowest BCUT2D eigenvalue weighted by atomic mass is 9.73. The minimum atomic E-state index is -4.40. The fraction of sp³-hybridized carbons (Fsp3) is 0.621. The Labute approximate surface area is 222 Å². The number of aliphatic hydroxyl groups is 1. The molecule has 1 aliphatic heterocycles. The smallest absolute Gasteiger partial charge is 0.382 e. The lowest BCUT2D eigenvalue weighted by Gasteiger charge is -2.40. The zero-order valence-electron chi connectivity index (χ0n) is 22.1. The quantitative estimate of drug-likeness (QED) is 0.569. The number of benzene rings is 1. The molecule has 1 unspecified atom stereocenters. The lowest BCUT2D eigenvalue weighted by molar-refractivity contribution is -0.145. The van der Waals surface area contributed by atoms with Gasteiger partial charge < -0.3 is 15.3 Å². The number of alkyl halides is 3. The Morgan fingerprint density at radius 1 is 1.08 bits per heavy atom. The molecule has 3 aliphatic rings. The molecule has 2 aromatic rings. The summed E-state index contributed by atoms with van der Waals surface area (Å²) in [6.45, 7) is 4.93. The molecule has 0 bridgehead atoms. The SMILES string of the molecule is CC(C)[C@]1(C(=O)N2CCc3ccc(C(F)(F)F)cc3C2)CCC(NC2CCC(O)(c3ncccn3)CC2)C1. The first-order chi connectivity index (χ1) is 18.0. The van der Waals surface area contributed by atoms with Crippen LogP contribution in [0, 0.1) is 11.3 Å². The summed E-state index contributed by atoms with van der Waals surface area (Å²) in [6, 6.07) is 6.09. The van der Waals surface area contributed by atoms with Crippen LogP contribution < -0.4 is 5.32 Å². The van der Waals surface area contributed by atoms with Crippen molar-refractivity contribution in [2.75, 3.05) is 6.54 Å². The molecule has 38 heavy (non-hydrogen) atoms. The molecule has 1 amide bonds. The highest BCUT2D eigenvalue weighted by Crippen LogP contribution is 2.47. The molecule has 9 heteroatoms. The molecule has 2 fully saturated rings. The first-order valence-electron chi connectivity index (χ1n) is 13.7. The van der Waals surface area contributed by atoms with Gasteiger partial charge in [0.25, 0.3) is 0 Å². The average molecular weight is 531 g/mol. The molecule has 0 radical (unpaired) electrons. The number of carbonyl (C=O) groups excluding carboxylic acids is 1. The van der Waals surface area contributed by atoms with Crippen LogP contribution in [0.1, 0.15) is 81.3 Å². The molecule has 5 rings (SSSR count). The van der Waals surface area contributed by atoms with Crippen molar-refractivity contribution in [2.45, 2.75) is 95.6 Å². The molecule has 2 atom stereocenters. The second-order valence-corrected chi connectivity index (χ2v) is 11.8. The highest BCUT2D eigenvalue weighted by molar-refractivity contribution is 5.84. The molecule has 1 aromatic heterocycles. The van der Waals surface area contributed by atoms with Crippen LogP contribution in [-0.4, -0.2) is 44.5 Å². The molecule has 1 aromatic carbocycles. The van der Waals surface area contributed by atoms with E-state index >= 15 is 0 Å². The summed E-state index contributed by atoms with van der Waals surface area (Å²) >= 11 is 0. The van der Waals surface area contributed by atoms with Crippen LogP contribution in [0.15, 0.2) is 36.7 Å². The normalized spacial score (nSPS) is 29.9. The van der Waals surface area contributed by atoms with Crippen LogP contribution in [-0.2, 0) is 29.5 Å². The number of fused-ring (bicyclic) bond motifs is 1. The third-order valence-corrected chi connectivity index (χ3v) is 9.18. The molecular weight excluding hydrogens is 493 g/mol. The fourth-order valence-corrected chi connectivity index (χ4v) is 6.76. The summed E-state index contributed by atoms with van der Waals surface area (Å²) in [7, 11) is 0. The Morgan fingerprint density at radius 3 is 2.42 bits per heavy atom. The van der Waals surface area contributed by atoms with E-state index in [2.05, 4.69) is 29.1 Å². The highest BCUT2D eigenvalue weighted by atomic mass is 19.4. The van der Waals surface area contributed by atoms with Gasteiger partial charge in [-0.25, -0.2) is 9.97 Å². The summed E-state index contributed by atoms with van der Waals surface area (Å²) < 4.78 is 39.8. The van der Waals surface area contributed by atoms with Gasteiger partial charge >= 0.3 is 6.18 Å². The van der Waals surface area contributed by atoms with Gasteiger partial charge in [-0.2, -0.15) is 13.2 Å². The highest BCUT2D eigenvalue weighted by Gasteiger charge is 2.50. The van der Waals surface area contributed by atoms with Gasteiger partial charge in [-0.1, -0.05) is 19.9 Å². The van der Waals surface area contributed by atoms with Crippen molar-refractivity contribution in [3.8, 4) is 0 Å². The summed E-state index contributed by atoms with van der Waals surface area (Å²) in [4.78, 5) is 24.3. The number of halogens is 3. The van der Waals surface area contributed by atoms with Crippen LogP contribution in [0.4, 0.5) is 13.2 Å². The molecule has 2 N–H and O–H groups in total. The van der Waals surface area contributed by atoms with E-state index < -0.39 is 22.8 Å². The molecule has 0 spiro atoms. The van der Waals surface area contributed by atoms with Crippen LogP contribution in [0.5, 0.6) is 0 Å². The summed E-state index contributed by atoms with van der Waals surface area (Å²) in [5.74, 6) is 0.671. The van der Waals surface area contributed by atoms with E-state index in [1.807, 2.05) is 0 Å². The van der Waals surface area contributed by atoms with Gasteiger partial charge in [0, 0.05) is 37.6 Å². The zero-order valence-corrected chi connectivity index (χ0v) is 22.1. The van der Waals surface area contributed by atoms with E-state index in [0.29, 0.717) is 37.2 Å². The molecule has 2 heterocycles. The van der Waals surface area contributed by atoms with Crippen molar-refractivity contribution in [1.82, 2.24) is 20.2 Å². The van der Waals surface area contributed by atoms with E-state index in [4.69, 9.17) is 0 Å². The third kappa shape index (κ3) is 5.19. The molecule has 2 aliphatic carbocycles. The molecule has 2 saturated carbocycles. The number of rotatable bonds is 5. The average Bonchev–Trinajstić information content (AvgIpc) is 3.34. The topological polar surface area (TPSA) is 78.4 Å². The Bertz CT molecular complexity index is 1150. The first kappa shape index (κ1) is 27.1. The first-order valence-corrected chi connectivity index (χ1v) is 13.7.